The molecule has 3 aromatic carbocycles. The summed E-state index contributed by atoms with van der Waals surface area (Å²) in [7, 11) is -2.29. The van der Waals surface area contributed by atoms with Crippen LogP contribution >= 0.6 is 11.6 Å². The number of carbonyl (C=O) groups excluding carboxylic acids is 1. The monoisotopic (exact) mass is 527 g/mol. The van der Waals surface area contributed by atoms with E-state index < -0.39 is 38.9 Å². The number of hydrogen-bond donors (Lipinski definition) is 0. The summed E-state index contributed by atoms with van der Waals surface area (Å²) < 4.78 is 81.3. The molecule has 0 bridgehead atoms. The smallest absolute Gasteiger partial charge is 0.497 e. The number of sulfonamides is 1. The second-order valence-corrected chi connectivity index (χ2v) is 9.54. The van der Waals surface area contributed by atoms with Gasteiger partial charge in [-0.2, -0.15) is 0 Å². The number of rotatable bonds is 6. The maximum atomic E-state index is 13.7. The molecule has 0 saturated heterocycles. The number of alkyl halides is 3. The first-order valence-electron chi connectivity index (χ1n) is 9.93. The van der Waals surface area contributed by atoms with Gasteiger partial charge in [0.1, 0.15) is 16.4 Å². The van der Waals surface area contributed by atoms with Gasteiger partial charge in [-0.1, -0.05) is 29.8 Å². The van der Waals surface area contributed by atoms with Crippen LogP contribution in [0.1, 0.15) is 17.0 Å². The normalized spacial score (nSPS) is 15.7. The van der Waals surface area contributed by atoms with Crippen LogP contribution in [0.25, 0.3) is 0 Å². The van der Waals surface area contributed by atoms with Gasteiger partial charge in [-0.05, 0) is 42.0 Å². The maximum Gasteiger partial charge on any atom is 0.573 e. The van der Waals surface area contributed by atoms with Crippen molar-refractivity contribution in [1.82, 2.24) is 0 Å². The Balaban J connectivity index is 1.92. The van der Waals surface area contributed by atoms with Crippen LogP contribution in [0.5, 0.6) is 17.2 Å². The predicted octanol–water partition coefficient (Wildman–Crippen LogP) is 5.12. The second-order valence-electron chi connectivity index (χ2n) is 7.35. The fourth-order valence-corrected chi connectivity index (χ4v) is 5.63. The molecule has 0 aliphatic carbocycles. The third-order valence-corrected chi connectivity index (χ3v) is 7.30. The summed E-state index contributed by atoms with van der Waals surface area (Å²) in [4.78, 5) is 12.8. The molecule has 0 radical (unpaired) electrons. The standard InChI is InChI=1S/C23H17ClF3NO6S/c1-32-14-8-10-20(19(12-14)34-23(25,26)27)35(30,31)28-17-9-7-13(24)11-16(17)21(22(28)29)15-5-3-4-6-18(15)33-2/h3-12,21H,1-2H3. The lowest BCUT2D eigenvalue weighted by molar-refractivity contribution is -0.275. The lowest BCUT2D eigenvalue weighted by Crippen LogP contribution is -2.36. The van der Waals surface area contributed by atoms with Gasteiger partial charge in [-0.3, -0.25) is 4.79 Å². The number of halogens is 4. The summed E-state index contributed by atoms with van der Waals surface area (Å²) >= 11 is 6.14. The lowest BCUT2D eigenvalue weighted by Gasteiger charge is -2.21. The maximum absolute atomic E-state index is 13.7. The van der Waals surface area contributed by atoms with E-state index in [0.717, 1.165) is 18.2 Å². The van der Waals surface area contributed by atoms with Crippen LogP contribution in [-0.2, 0) is 14.8 Å². The van der Waals surface area contributed by atoms with Crippen molar-refractivity contribution in [3.63, 3.8) is 0 Å². The molecular weight excluding hydrogens is 511 g/mol. The lowest BCUT2D eigenvalue weighted by atomic mass is 9.92. The third-order valence-electron chi connectivity index (χ3n) is 5.31. The number of ether oxygens (including phenoxy) is 3. The highest BCUT2D eigenvalue weighted by molar-refractivity contribution is 7.93. The van der Waals surface area contributed by atoms with Crippen LogP contribution in [0.4, 0.5) is 18.9 Å². The Labute approximate surface area is 203 Å². The van der Waals surface area contributed by atoms with Crippen molar-refractivity contribution >= 4 is 33.2 Å². The van der Waals surface area contributed by atoms with Gasteiger partial charge in [0.15, 0.2) is 5.75 Å². The van der Waals surface area contributed by atoms with E-state index in [2.05, 4.69) is 4.74 Å². The Hall–Kier alpha value is -3.44. The van der Waals surface area contributed by atoms with Gasteiger partial charge in [0.2, 0.25) is 0 Å². The minimum Gasteiger partial charge on any atom is -0.497 e. The van der Waals surface area contributed by atoms with E-state index in [-0.39, 0.29) is 22.0 Å². The number of anilines is 1. The topological polar surface area (TPSA) is 82.1 Å². The number of amides is 1. The molecule has 1 unspecified atom stereocenters. The van der Waals surface area contributed by atoms with Gasteiger partial charge in [-0.15, -0.1) is 13.2 Å². The number of fused-ring (bicyclic) bond motifs is 1. The fourth-order valence-electron chi connectivity index (χ4n) is 3.90. The molecule has 4 rings (SSSR count). The summed E-state index contributed by atoms with van der Waals surface area (Å²) in [6, 6.07) is 13.4. The molecule has 12 heteroatoms. The SMILES string of the molecule is COc1ccc(S(=O)(=O)N2C(=O)C(c3ccccc3OC)c3cc(Cl)ccc32)c(OC(F)(F)F)c1. The molecule has 1 heterocycles. The zero-order valence-corrected chi connectivity index (χ0v) is 19.7. The van der Waals surface area contributed by atoms with E-state index in [0.29, 0.717) is 15.6 Å². The Bertz CT molecular complexity index is 1410. The molecule has 0 spiro atoms. The van der Waals surface area contributed by atoms with Gasteiger partial charge in [0, 0.05) is 16.7 Å². The first-order valence-corrected chi connectivity index (χ1v) is 11.7. The Morgan fingerprint density at radius 3 is 2.29 bits per heavy atom. The minimum absolute atomic E-state index is 0.0518. The number of carbonyl (C=O) groups is 1. The van der Waals surface area contributed by atoms with Crippen molar-refractivity contribution in [3.8, 4) is 17.2 Å². The molecular formula is C23H17ClF3NO6S. The van der Waals surface area contributed by atoms with Crippen molar-refractivity contribution in [2.75, 3.05) is 18.5 Å². The van der Waals surface area contributed by atoms with Gasteiger partial charge in [0.05, 0.1) is 25.8 Å². The molecule has 7 nitrogen and oxygen atoms in total. The molecule has 35 heavy (non-hydrogen) atoms. The van der Waals surface area contributed by atoms with Crippen molar-refractivity contribution in [1.29, 1.82) is 0 Å². The van der Waals surface area contributed by atoms with Crippen molar-refractivity contribution in [2.45, 2.75) is 17.2 Å². The van der Waals surface area contributed by atoms with E-state index in [4.69, 9.17) is 21.1 Å². The first kappa shape index (κ1) is 24.7. The molecule has 1 aliphatic rings. The predicted molar refractivity (Wildman–Crippen MR) is 121 cm³/mol. The van der Waals surface area contributed by atoms with Crippen molar-refractivity contribution in [3.05, 3.63) is 76.8 Å². The quantitative estimate of drug-likeness (QED) is 0.442. The molecule has 3 aromatic rings. The summed E-state index contributed by atoms with van der Waals surface area (Å²) in [6.45, 7) is 0. The third kappa shape index (κ3) is 4.48. The second kappa shape index (κ2) is 8.97. The average Bonchev–Trinajstić information content (AvgIpc) is 3.09. The average molecular weight is 528 g/mol. The Morgan fingerprint density at radius 1 is 0.914 bits per heavy atom. The molecule has 1 amide bonds. The molecule has 0 aromatic heterocycles. The highest BCUT2D eigenvalue weighted by atomic mass is 35.5. The van der Waals surface area contributed by atoms with Crippen LogP contribution < -0.4 is 18.5 Å². The van der Waals surface area contributed by atoms with Gasteiger partial charge < -0.3 is 14.2 Å². The van der Waals surface area contributed by atoms with Crippen LogP contribution in [0.3, 0.4) is 0 Å². The largest absolute Gasteiger partial charge is 0.573 e. The molecule has 0 fully saturated rings. The van der Waals surface area contributed by atoms with Crippen LogP contribution in [0, 0.1) is 0 Å². The van der Waals surface area contributed by atoms with E-state index in [1.165, 1.54) is 32.4 Å². The highest BCUT2D eigenvalue weighted by Crippen LogP contribution is 2.48. The van der Waals surface area contributed by atoms with E-state index in [1.807, 2.05) is 0 Å². The number of methoxy groups -OCH3 is 2. The van der Waals surface area contributed by atoms with Gasteiger partial charge in [-0.25, -0.2) is 12.7 Å². The Morgan fingerprint density at radius 2 is 1.63 bits per heavy atom. The van der Waals surface area contributed by atoms with Crippen molar-refractivity contribution in [2.24, 2.45) is 0 Å². The number of nitrogens with zero attached hydrogens (tertiary/aromatic N) is 1. The number of hydrogen-bond acceptors (Lipinski definition) is 6. The minimum atomic E-state index is -5.20. The molecule has 1 aliphatic heterocycles. The zero-order valence-electron chi connectivity index (χ0n) is 18.2. The summed E-state index contributed by atoms with van der Waals surface area (Å²) in [5, 5.41) is 0.237. The fraction of sp³-hybridized carbons (Fsp3) is 0.174. The molecule has 184 valence electrons. The van der Waals surface area contributed by atoms with E-state index in [9.17, 15) is 26.4 Å². The molecule has 1 atom stereocenters. The summed E-state index contributed by atoms with van der Waals surface area (Å²) in [6.07, 6.45) is -5.20. The first-order chi connectivity index (χ1) is 16.5. The summed E-state index contributed by atoms with van der Waals surface area (Å²) in [5.74, 6) is -2.85. The van der Waals surface area contributed by atoms with Crippen LogP contribution in [0.15, 0.2) is 65.6 Å². The number of benzene rings is 3. The van der Waals surface area contributed by atoms with E-state index >= 15 is 0 Å². The Kier molecular flexibility index (Phi) is 6.32. The number of para-hydroxylation sites is 1. The van der Waals surface area contributed by atoms with E-state index in [1.54, 1.807) is 24.3 Å². The van der Waals surface area contributed by atoms with Gasteiger partial charge in [0.25, 0.3) is 15.9 Å². The van der Waals surface area contributed by atoms with Crippen LogP contribution in [0.2, 0.25) is 5.02 Å². The zero-order chi connectivity index (χ0) is 25.5. The van der Waals surface area contributed by atoms with Gasteiger partial charge >= 0.3 is 6.36 Å². The van der Waals surface area contributed by atoms with Crippen LogP contribution in [-0.4, -0.2) is 34.9 Å². The molecule has 0 N–H and O–H groups in total. The molecule has 0 saturated carbocycles. The highest BCUT2D eigenvalue weighted by Gasteiger charge is 2.47. The van der Waals surface area contributed by atoms with Crippen molar-refractivity contribution < 1.29 is 40.6 Å². The summed E-state index contributed by atoms with van der Waals surface area (Å²) in [5.41, 5.74) is 0.564.